The summed E-state index contributed by atoms with van der Waals surface area (Å²) in [6.07, 6.45) is 4.11. The molecular weight excluding hydrogens is 260 g/mol. The summed E-state index contributed by atoms with van der Waals surface area (Å²) in [6, 6.07) is 10.8. The van der Waals surface area contributed by atoms with Crippen molar-refractivity contribution in [1.29, 1.82) is 0 Å². The summed E-state index contributed by atoms with van der Waals surface area (Å²) in [5.41, 5.74) is 6.44. The third-order valence-corrected chi connectivity index (χ3v) is 4.09. The van der Waals surface area contributed by atoms with Gasteiger partial charge in [0.2, 0.25) is 0 Å². The summed E-state index contributed by atoms with van der Waals surface area (Å²) in [7, 11) is 1.99. The maximum absolute atomic E-state index is 5.97. The predicted octanol–water partition coefficient (Wildman–Crippen LogP) is 3.28. The Morgan fingerprint density at radius 1 is 1.33 bits per heavy atom. The molecule has 3 heteroatoms. The molecule has 3 nitrogen and oxygen atoms in total. The fraction of sp³-hybridized carbons (Fsp3) is 0.389. The molecule has 1 aliphatic rings. The number of pyridine rings is 1. The van der Waals surface area contributed by atoms with E-state index in [0.717, 1.165) is 31.7 Å². The number of ether oxygens (including phenoxy) is 1. The molecule has 0 aliphatic carbocycles. The van der Waals surface area contributed by atoms with Crippen LogP contribution < -0.4 is 5.32 Å². The van der Waals surface area contributed by atoms with Crippen molar-refractivity contribution in [3.8, 4) is 11.1 Å². The first-order valence-electron chi connectivity index (χ1n) is 7.60. The Bertz CT molecular complexity index is 624. The van der Waals surface area contributed by atoms with Gasteiger partial charge < -0.3 is 10.1 Å². The Morgan fingerprint density at radius 2 is 2.24 bits per heavy atom. The number of hydrogen-bond acceptors (Lipinski definition) is 3. The van der Waals surface area contributed by atoms with Gasteiger partial charge in [0.05, 0.1) is 12.7 Å². The number of rotatable bonds is 4. The number of nitrogens with one attached hydrogen (secondary N) is 1. The van der Waals surface area contributed by atoms with Gasteiger partial charge >= 0.3 is 0 Å². The minimum atomic E-state index is 0.212. The number of aryl methyl sites for hydroxylation is 1. The highest BCUT2D eigenvalue weighted by Gasteiger charge is 2.22. The van der Waals surface area contributed by atoms with Crippen molar-refractivity contribution in [3.05, 3.63) is 53.3 Å². The van der Waals surface area contributed by atoms with E-state index < -0.39 is 0 Å². The van der Waals surface area contributed by atoms with Crippen LogP contribution in [0.4, 0.5) is 0 Å². The van der Waals surface area contributed by atoms with E-state index in [1.807, 2.05) is 20.2 Å². The van der Waals surface area contributed by atoms with Crippen LogP contribution in [0.5, 0.6) is 0 Å². The minimum absolute atomic E-state index is 0.212. The van der Waals surface area contributed by atoms with Crippen LogP contribution in [-0.2, 0) is 11.2 Å². The first-order valence-corrected chi connectivity index (χ1v) is 7.60. The normalized spacial score (nSPS) is 17.5. The molecule has 1 aromatic carbocycles. The zero-order chi connectivity index (χ0) is 14.7. The highest BCUT2D eigenvalue weighted by atomic mass is 16.5. The zero-order valence-electron chi connectivity index (χ0n) is 12.7. The Kier molecular flexibility index (Phi) is 4.32. The van der Waals surface area contributed by atoms with Crippen molar-refractivity contribution in [2.75, 3.05) is 20.2 Å². The van der Waals surface area contributed by atoms with E-state index in [9.17, 15) is 0 Å². The van der Waals surface area contributed by atoms with Crippen molar-refractivity contribution in [2.24, 2.45) is 0 Å². The summed E-state index contributed by atoms with van der Waals surface area (Å²) in [4.78, 5) is 4.30. The van der Waals surface area contributed by atoms with Crippen LogP contribution in [0, 0.1) is 6.92 Å². The first-order chi connectivity index (χ1) is 10.3. The van der Waals surface area contributed by atoms with Crippen LogP contribution in [-0.4, -0.2) is 25.2 Å². The standard InChI is InChI=1S/C18H22N2O/c1-13-12-14(6-10-20-13)15-4-3-5-17-16(15)8-11-21-18(17)7-9-19-2/h3-6,10,12,18-19H,7-9,11H2,1-2H3/t18-/m0/s1. The van der Waals surface area contributed by atoms with E-state index in [0.29, 0.717) is 0 Å². The van der Waals surface area contributed by atoms with Gasteiger partial charge in [-0.1, -0.05) is 18.2 Å². The summed E-state index contributed by atoms with van der Waals surface area (Å²) in [5.74, 6) is 0. The van der Waals surface area contributed by atoms with Gasteiger partial charge in [-0.25, -0.2) is 0 Å². The molecule has 0 bridgehead atoms. The molecule has 0 saturated heterocycles. The Labute approximate surface area is 126 Å². The Balaban J connectivity index is 2.00. The molecule has 0 spiro atoms. The molecule has 110 valence electrons. The molecule has 21 heavy (non-hydrogen) atoms. The van der Waals surface area contributed by atoms with Crippen molar-refractivity contribution in [3.63, 3.8) is 0 Å². The molecule has 0 unspecified atom stereocenters. The number of fused-ring (bicyclic) bond motifs is 1. The summed E-state index contributed by atoms with van der Waals surface area (Å²) < 4.78 is 5.97. The van der Waals surface area contributed by atoms with Crippen molar-refractivity contribution >= 4 is 0 Å². The minimum Gasteiger partial charge on any atom is -0.373 e. The number of benzene rings is 1. The monoisotopic (exact) mass is 282 g/mol. The smallest absolute Gasteiger partial charge is 0.0840 e. The molecular formula is C18H22N2O. The average molecular weight is 282 g/mol. The lowest BCUT2D eigenvalue weighted by Gasteiger charge is -2.28. The summed E-state index contributed by atoms with van der Waals surface area (Å²) >= 11 is 0. The maximum atomic E-state index is 5.97. The molecule has 0 amide bonds. The Morgan fingerprint density at radius 3 is 3.05 bits per heavy atom. The molecule has 1 aromatic heterocycles. The van der Waals surface area contributed by atoms with Crippen LogP contribution in [0.3, 0.4) is 0 Å². The highest BCUT2D eigenvalue weighted by molar-refractivity contribution is 5.69. The second-order valence-electron chi connectivity index (χ2n) is 5.56. The van der Waals surface area contributed by atoms with E-state index in [1.54, 1.807) is 0 Å². The number of aromatic nitrogens is 1. The summed E-state index contributed by atoms with van der Waals surface area (Å²) in [5, 5.41) is 3.21. The van der Waals surface area contributed by atoms with Crippen LogP contribution in [0.15, 0.2) is 36.5 Å². The molecule has 0 radical (unpaired) electrons. The van der Waals surface area contributed by atoms with Gasteiger partial charge in [-0.2, -0.15) is 0 Å². The third-order valence-electron chi connectivity index (χ3n) is 4.09. The van der Waals surface area contributed by atoms with Gasteiger partial charge in [0.1, 0.15) is 0 Å². The fourth-order valence-corrected chi connectivity index (χ4v) is 3.08. The number of nitrogens with zero attached hydrogens (tertiary/aromatic N) is 1. The molecule has 2 aromatic rings. The molecule has 2 heterocycles. The quantitative estimate of drug-likeness (QED) is 0.934. The largest absolute Gasteiger partial charge is 0.373 e. The average Bonchev–Trinajstić information content (AvgIpc) is 2.52. The van der Waals surface area contributed by atoms with Crippen LogP contribution in [0.1, 0.15) is 29.3 Å². The van der Waals surface area contributed by atoms with Gasteiger partial charge in [0.15, 0.2) is 0 Å². The summed E-state index contributed by atoms with van der Waals surface area (Å²) in [6.45, 7) is 3.82. The van der Waals surface area contributed by atoms with Crippen molar-refractivity contribution in [1.82, 2.24) is 10.3 Å². The molecule has 1 atom stereocenters. The Hall–Kier alpha value is -1.71. The van der Waals surface area contributed by atoms with Crippen molar-refractivity contribution < 1.29 is 4.74 Å². The number of hydrogen-bond donors (Lipinski definition) is 1. The van der Waals surface area contributed by atoms with Crippen LogP contribution in [0.2, 0.25) is 0 Å². The van der Waals surface area contributed by atoms with Crippen LogP contribution in [0.25, 0.3) is 11.1 Å². The van der Waals surface area contributed by atoms with E-state index in [-0.39, 0.29) is 6.10 Å². The molecule has 1 aliphatic heterocycles. The van der Waals surface area contributed by atoms with E-state index in [1.165, 1.54) is 22.3 Å². The zero-order valence-corrected chi connectivity index (χ0v) is 12.7. The lowest BCUT2D eigenvalue weighted by Crippen LogP contribution is -2.21. The molecule has 0 fully saturated rings. The van der Waals surface area contributed by atoms with Gasteiger partial charge in [0, 0.05) is 11.9 Å². The topological polar surface area (TPSA) is 34.1 Å². The third kappa shape index (κ3) is 2.99. The maximum Gasteiger partial charge on any atom is 0.0840 e. The van der Waals surface area contributed by atoms with E-state index in [2.05, 4.69) is 40.6 Å². The second kappa shape index (κ2) is 6.37. The van der Waals surface area contributed by atoms with Gasteiger partial charge in [0.25, 0.3) is 0 Å². The van der Waals surface area contributed by atoms with Crippen molar-refractivity contribution in [2.45, 2.75) is 25.9 Å². The van der Waals surface area contributed by atoms with E-state index >= 15 is 0 Å². The second-order valence-corrected chi connectivity index (χ2v) is 5.56. The fourth-order valence-electron chi connectivity index (χ4n) is 3.08. The highest BCUT2D eigenvalue weighted by Crippen LogP contribution is 2.35. The van der Waals surface area contributed by atoms with Gasteiger partial charge in [-0.3, -0.25) is 4.98 Å². The SMILES string of the molecule is CNCC[C@@H]1OCCc2c(-c3ccnc(C)c3)cccc21. The van der Waals surface area contributed by atoms with Gasteiger partial charge in [-0.05, 0) is 67.7 Å². The van der Waals surface area contributed by atoms with Crippen LogP contribution >= 0.6 is 0 Å². The van der Waals surface area contributed by atoms with Gasteiger partial charge in [-0.15, -0.1) is 0 Å². The molecule has 1 N–H and O–H groups in total. The molecule has 0 saturated carbocycles. The lowest BCUT2D eigenvalue weighted by atomic mass is 9.89. The molecule has 3 rings (SSSR count). The lowest BCUT2D eigenvalue weighted by molar-refractivity contribution is 0.0373. The predicted molar refractivity (Wildman–Crippen MR) is 85.4 cm³/mol. The first kappa shape index (κ1) is 14.2. The van der Waals surface area contributed by atoms with E-state index in [4.69, 9.17) is 4.74 Å².